The quantitative estimate of drug-likeness (QED) is 0.294. The molecule has 8 heteroatoms. The maximum Gasteiger partial charge on any atom is 0.416 e. The molecule has 0 bridgehead atoms. The fourth-order valence-corrected chi connectivity index (χ4v) is 1.03. The van der Waals surface area contributed by atoms with Crippen molar-refractivity contribution in [3.63, 3.8) is 0 Å². The third-order valence-electron chi connectivity index (χ3n) is 1.79. The smallest absolute Gasteiger partial charge is 0.318 e. The van der Waals surface area contributed by atoms with Crippen LogP contribution in [0.15, 0.2) is 24.3 Å². The van der Waals surface area contributed by atoms with E-state index in [2.05, 4.69) is 5.84 Å². The van der Waals surface area contributed by atoms with Gasteiger partial charge in [-0.25, -0.2) is 5.84 Å². The minimum Gasteiger partial charge on any atom is -0.318 e. The van der Waals surface area contributed by atoms with E-state index in [1.54, 1.807) is 5.43 Å². The zero-order valence-corrected chi connectivity index (χ0v) is 8.34. The van der Waals surface area contributed by atoms with Crippen LogP contribution in [0.2, 0.25) is 0 Å². The van der Waals surface area contributed by atoms with Gasteiger partial charge in [0, 0.05) is 5.69 Å². The number of amides is 2. The van der Waals surface area contributed by atoms with Crippen molar-refractivity contribution >= 4 is 17.5 Å². The fourth-order valence-electron chi connectivity index (χ4n) is 1.03. The van der Waals surface area contributed by atoms with Gasteiger partial charge in [0.2, 0.25) is 0 Å². The molecule has 0 spiro atoms. The van der Waals surface area contributed by atoms with Crippen LogP contribution in [0.1, 0.15) is 5.56 Å². The zero-order valence-electron chi connectivity index (χ0n) is 8.34. The van der Waals surface area contributed by atoms with E-state index in [-0.39, 0.29) is 5.69 Å². The minimum atomic E-state index is -4.52. The number of hydrazine groups is 1. The van der Waals surface area contributed by atoms with Crippen molar-refractivity contribution in [3.05, 3.63) is 29.8 Å². The first-order valence-corrected chi connectivity index (χ1v) is 4.34. The molecule has 0 saturated heterocycles. The Balaban J connectivity index is 2.87. The molecule has 1 aromatic rings. The summed E-state index contributed by atoms with van der Waals surface area (Å²) in [6.45, 7) is 0. The normalized spacial score (nSPS) is 10.8. The van der Waals surface area contributed by atoms with Crippen LogP contribution in [0.25, 0.3) is 0 Å². The monoisotopic (exact) mass is 247 g/mol. The Morgan fingerprint density at radius 1 is 1.18 bits per heavy atom. The van der Waals surface area contributed by atoms with E-state index in [9.17, 15) is 22.8 Å². The highest BCUT2D eigenvalue weighted by atomic mass is 19.4. The number of rotatable bonds is 1. The zero-order chi connectivity index (χ0) is 13.1. The fraction of sp³-hybridized carbons (Fsp3) is 0.111. The number of anilines is 1. The molecule has 2 amide bonds. The average Bonchev–Trinajstić information content (AvgIpc) is 2.27. The Kier molecular flexibility index (Phi) is 3.69. The van der Waals surface area contributed by atoms with Gasteiger partial charge < -0.3 is 5.32 Å². The van der Waals surface area contributed by atoms with Crippen molar-refractivity contribution in [2.75, 3.05) is 5.32 Å². The number of hydrogen-bond donors (Lipinski definition) is 3. The third kappa shape index (κ3) is 3.45. The van der Waals surface area contributed by atoms with Gasteiger partial charge in [-0.2, -0.15) is 13.2 Å². The summed E-state index contributed by atoms with van der Waals surface area (Å²) in [6.07, 6.45) is -4.52. The minimum absolute atomic E-state index is 0.145. The Labute approximate surface area is 93.8 Å². The number of alkyl halides is 3. The summed E-state index contributed by atoms with van der Waals surface area (Å²) in [4.78, 5) is 21.7. The molecule has 0 radical (unpaired) electrons. The van der Waals surface area contributed by atoms with Crippen molar-refractivity contribution in [2.24, 2.45) is 5.84 Å². The predicted molar refractivity (Wildman–Crippen MR) is 52.4 cm³/mol. The second kappa shape index (κ2) is 4.83. The molecule has 1 rings (SSSR count). The molecular weight excluding hydrogens is 239 g/mol. The SMILES string of the molecule is NNC(=O)C(=O)Nc1cccc(C(F)(F)F)c1. The standard InChI is InChI=1S/C9H8F3N3O2/c10-9(11,12)5-2-1-3-6(4-5)14-7(16)8(17)15-13/h1-4H,13H2,(H,14,16)(H,15,17). The molecule has 1 aromatic carbocycles. The molecule has 92 valence electrons. The lowest BCUT2D eigenvalue weighted by molar-refractivity contribution is -0.137. The highest BCUT2D eigenvalue weighted by molar-refractivity contribution is 6.39. The second-order valence-corrected chi connectivity index (χ2v) is 3.01. The molecule has 0 aromatic heterocycles. The largest absolute Gasteiger partial charge is 0.416 e. The van der Waals surface area contributed by atoms with E-state index in [0.717, 1.165) is 12.1 Å². The summed E-state index contributed by atoms with van der Waals surface area (Å²) in [6, 6.07) is 3.89. The first-order valence-electron chi connectivity index (χ1n) is 4.34. The van der Waals surface area contributed by atoms with Crippen molar-refractivity contribution < 1.29 is 22.8 Å². The molecule has 0 unspecified atom stereocenters. The third-order valence-corrected chi connectivity index (χ3v) is 1.79. The van der Waals surface area contributed by atoms with Gasteiger partial charge in [0.05, 0.1) is 5.56 Å². The molecule has 0 aliphatic rings. The average molecular weight is 247 g/mol. The van der Waals surface area contributed by atoms with Gasteiger partial charge in [0.1, 0.15) is 0 Å². The van der Waals surface area contributed by atoms with Crippen LogP contribution < -0.4 is 16.6 Å². The first-order chi connectivity index (χ1) is 7.84. The molecule has 0 fully saturated rings. The maximum atomic E-state index is 12.3. The summed E-state index contributed by atoms with van der Waals surface area (Å²) in [5, 5.41) is 1.97. The van der Waals surface area contributed by atoms with Crippen LogP contribution in [0, 0.1) is 0 Å². The van der Waals surface area contributed by atoms with Crippen molar-refractivity contribution in [3.8, 4) is 0 Å². The summed E-state index contributed by atoms with van der Waals surface area (Å²) in [7, 11) is 0. The Hall–Kier alpha value is -2.09. The van der Waals surface area contributed by atoms with E-state index in [1.165, 1.54) is 6.07 Å². The second-order valence-electron chi connectivity index (χ2n) is 3.01. The van der Waals surface area contributed by atoms with Crippen LogP contribution in [0.5, 0.6) is 0 Å². The van der Waals surface area contributed by atoms with Crippen molar-refractivity contribution in [1.82, 2.24) is 5.43 Å². The van der Waals surface area contributed by atoms with Crippen LogP contribution in [-0.4, -0.2) is 11.8 Å². The Morgan fingerprint density at radius 2 is 1.82 bits per heavy atom. The van der Waals surface area contributed by atoms with Gasteiger partial charge in [-0.05, 0) is 18.2 Å². The molecule has 0 heterocycles. The van der Waals surface area contributed by atoms with Crippen LogP contribution in [0.4, 0.5) is 18.9 Å². The van der Waals surface area contributed by atoms with Crippen LogP contribution in [0.3, 0.4) is 0 Å². The highest BCUT2D eigenvalue weighted by Crippen LogP contribution is 2.30. The summed E-state index contributed by atoms with van der Waals surface area (Å²) >= 11 is 0. The molecule has 0 atom stereocenters. The number of nitrogens with one attached hydrogen (secondary N) is 2. The van der Waals surface area contributed by atoms with Gasteiger partial charge >= 0.3 is 18.0 Å². The van der Waals surface area contributed by atoms with Crippen molar-refractivity contribution in [2.45, 2.75) is 6.18 Å². The van der Waals surface area contributed by atoms with E-state index >= 15 is 0 Å². The lowest BCUT2D eigenvalue weighted by Crippen LogP contribution is -2.39. The Morgan fingerprint density at radius 3 is 2.35 bits per heavy atom. The number of benzene rings is 1. The molecule has 17 heavy (non-hydrogen) atoms. The van der Waals surface area contributed by atoms with Gasteiger partial charge in [-0.3, -0.25) is 15.0 Å². The van der Waals surface area contributed by atoms with E-state index < -0.39 is 23.6 Å². The molecule has 0 saturated carbocycles. The van der Waals surface area contributed by atoms with Crippen LogP contribution >= 0.6 is 0 Å². The molecule has 0 aliphatic heterocycles. The number of carbonyl (C=O) groups is 2. The summed E-state index contributed by atoms with van der Waals surface area (Å²) < 4.78 is 37.0. The van der Waals surface area contributed by atoms with E-state index in [1.807, 2.05) is 5.32 Å². The molecule has 5 nitrogen and oxygen atoms in total. The topological polar surface area (TPSA) is 84.2 Å². The summed E-state index contributed by atoms with van der Waals surface area (Å²) in [5.74, 6) is 2.39. The summed E-state index contributed by atoms with van der Waals surface area (Å²) in [5.41, 5.74) is 0.484. The van der Waals surface area contributed by atoms with Gasteiger partial charge in [-0.15, -0.1) is 0 Å². The Bertz CT molecular complexity index is 445. The van der Waals surface area contributed by atoms with Crippen molar-refractivity contribution in [1.29, 1.82) is 0 Å². The van der Waals surface area contributed by atoms with Gasteiger partial charge in [-0.1, -0.05) is 6.07 Å². The lowest BCUT2D eigenvalue weighted by atomic mass is 10.2. The molecule has 0 aliphatic carbocycles. The molecular formula is C9H8F3N3O2. The lowest BCUT2D eigenvalue weighted by Gasteiger charge is -2.09. The van der Waals surface area contributed by atoms with E-state index in [0.29, 0.717) is 6.07 Å². The number of nitrogens with two attached hydrogens (primary N) is 1. The predicted octanol–water partition coefficient (Wildman–Crippen LogP) is 0.634. The number of carbonyl (C=O) groups excluding carboxylic acids is 2. The number of halogens is 3. The van der Waals surface area contributed by atoms with Gasteiger partial charge in [0.25, 0.3) is 0 Å². The highest BCUT2D eigenvalue weighted by Gasteiger charge is 2.30. The van der Waals surface area contributed by atoms with Crippen LogP contribution in [-0.2, 0) is 15.8 Å². The van der Waals surface area contributed by atoms with E-state index in [4.69, 9.17) is 0 Å². The number of hydrogen-bond acceptors (Lipinski definition) is 3. The molecule has 4 N–H and O–H groups in total. The van der Waals surface area contributed by atoms with Gasteiger partial charge in [0.15, 0.2) is 0 Å². The first kappa shape index (κ1) is 13.0. The maximum absolute atomic E-state index is 12.3.